The van der Waals surface area contributed by atoms with Gasteiger partial charge in [0.25, 0.3) is 5.56 Å². The van der Waals surface area contributed by atoms with Crippen molar-refractivity contribution in [1.29, 1.82) is 0 Å². The van der Waals surface area contributed by atoms with E-state index >= 15 is 0 Å². The summed E-state index contributed by atoms with van der Waals surface area (Å²) in [6, 6.07) is 15.1. The number of phenolic OH excluding ortho intramolecular Hbond substituents is 1. The van der Waals surface area contributed by atoms with Gasteiger partial charge in [0.05, 0.1) is 11.7 Å². The van der Waals surface area contributed by atoms with Crippen LogP contribution in [0.15, 0.2) is 65.7 Å². The quantitative estimate of drug-likeness (QED) is 0.495. The lowest BCUT2D eigenvalue weighted by Gasteiger charge is -2.15. The lowest BCUT2D eigenvalue weighted by molar-refractivity contribution is -0.118. The molecule has 4 rings (SSSR count). The van der Waals surface area contributed by atoms with Crippen molar-refractivity contribution >= 4 is 33.1 Å². The van der Waals surface area contributed by atoms with Gasteiger partial charge >= 0.3 is 0 Å². The van der Waals surface area contributed by atoms with Crippen LogP contribution >= 0.6 is 11.3 Å². The largest absolute Gasteiger partial charge is 0.508 e. The van der Waals surface area contributed by atoms with Crippen molar-refractivity contribution < 1.29 is 9.90 Å². The minimum Gasteiger partial charge on any atom is -0.508 e. The number of aryl methyl sites for hydroxylation is 1. The van der Waals surface area contributed by atoms with E-state index in [9.17, 15) is 14.7 Å². The van der Waals surface area contributed by atoms with Crippen LogP contribution in [0.3, 0.4) is 0 Å². The van der Waals surface area contributed by atoms with E-state index in [1.54, 1.807) is 19.1 Å². The number of hydrogen-bond donors (Lipinski definition) is 2. The lowest BCUT2D eigenvalue weighted by Crippen LogP contribution is -2.31. The zero-order valence-electron chi connectivity index (χ0n) is 15.9. The van der Waals surface area contributed by atoms with Crippen LogP contribution in [0.1, 0.15) is 17.8 Å². The van der Waals surface area contributed by atoms with Crippen LogP contribution in [-0.2, 0) is 4.79 Å². The van der Waals surface area contributed by atoms with Crippen molar-refractivity contribution in [2.45, 2.75) is 19.9 Å². The predicted molar refractivity (Wildman–Crippen MR) is 116 cm³/mol. The smallest absolute Gasteiger partial charge is 0.263 e. The van der Waals surface area contributed by atoms with Gasteiger partial charge in [0, 0.05) is 16.1 Å². The molecule has 146 valence electrons. The second-order valence-corrected chi connectivity index (χ2v) is 7.95. The van der Waals surface area contributed by atoms with E-state index in [0.29, 0.717) is 15.9 Å². The van der Waals surface area contributed by atoms with Crippen LogP contribution in [-0.4, -0.2) is 20.6 Å². The third-order valence-electron chi connectivity index (χ3n) is 4.81. The molecule has 0 saturated heterocycles. The van der Waals surface area contributed by atoms with Gasteiger partial charge in [-0.3, -0.25) is 14.2 Å². The maximum Gasteiger partial charge on any atom is 0.263 e. The van der Waals surface area contributed by atoms with Crippen molar-refractivity contribution in [3.05, 3.63) is 76.2 Å². The van der Waals surface area contributed by atoms with E-state index in [1.165, 1.54) is 34.4 Å². The Morgan fingerprint density at radius 1 is 1.14 bits per heavy atom. The number of amides is 1. The number of nitrogens with zero attached hydrogens (tertiary/aromatic N) is 2. The molecule has 29 heavy (non-hydrogen) atoms. The molecule has 0 bridgehead atoms. The Bertz CT molecular complexity index is 1240. The van der Waals surface area contributed by atoms with Gasteiger partial charge in [0.2, 0.25) is 5.91 Å². The molecular weight excluding hydrogens is 386 g/mol. The maximum atomic E-state index is 13.3. The zero-order chi connectivity index (χ0) is 20.5. The summed E-state index contributed by atoms with van der Waals surface area (Å²) in [5.74, 6) is -0.227. The van der Waals surface area contributed by atoms with Crippen LogP contribution in [0, 0.1) is 6.92 Å². The van der Waals surface area contributed by atoms with Gasteiger partial charge in [-0.05, 0) is 43.7 Å². The normalized spacial score (nSPS) is 12.1. The van der Waals surface area contributed by atoms with E-state index < -0.39 is 6.04 Å². The number of thiophene rings is 1. The summed E-state index contributed by atoms with van der Waals surface area (Å²) in [7, 11) is 0. The number of benzene rings is 2. The molecule has 0 aliphatic heterocycles. The zero-order valence-corrected chi connectivity index (χ0v) is 16.7. The Labute approximate surface area is 171 Å². The molecule has 2 aromatic heterocycles. The van der Waals surface area contributed by atoms with Gasteiger partial charge in [0.15, 0.2) is 0 Å². The summed E-state index contributed by atoms with van der Waals surface area (Å²) in [5, 5.41) is 12.7. The molecule has 7 heteroatoms. The van der Waals surface area contributed by atoms with Crippen molar-refractivity contribution in [3.8, 4) is 16.9 Å². The fourth-order valence-electron chi connectivity index (χ4n) is 3.26. The molecule has 4 aromatic rings. The third-order valence-corrected chi connectivity index (χ3v) is 5.82. The van der Waals surface area contributed by atoms with Crippen molar-refractivity contribution in [1.82, 2.24) is 9.55 Å². The maximum absolute atomic E-state index is 13.3. The standard InChI is InChI=1S/C22H19N3O3S/c1-13(20(27)24-16-8-10-17(26)11-9-16)25-12-23-21-19(22(25)28)18(14(2)29-21)15-6-4-3-5-7-15/h3-13,26H,1-2H3,(H,24,27). The molecular formula is C22H19N3O3S. The Hall–Kier alpha value is -3.45. The van der Waals surface area contributed by atoms with E-state index in [2.05, 4.69) is 10.3 Å². The van der Waals surface area contributed by atoms with Crippen LogP contribution in [0.5, 0.6) is 5.75 Å². The second kappa shape index (κ2) is 7.52. The van der Waals surface area contributed by atoms with Gasteiger partial charge in [-0.2, -0.15) is 0 Å². The molecule has 0 aliphatic carbocycles. The highest BCUT2D eigenvalue weighted by atomic mass is 32.1. The van der Waals surface area contributed by atoms with Crippen molar-refractivity contribution in [2.24, 2.45) is 0 Å². The number of anilines is 1. The number of nitrogens with one attached hydrogen (secondary N) is 1. The average molecular weight is 405 g/mol. The first kappa shape index (κ1) is 18.9. The highest BCUT2D eigenvalue weighted by molar-refractivity contribution is 7.19. The summed E-state index contributed by atoms with van der Waals surface area (Å²) in [6.07, 6.45) is 1.43. The first-order valence-electron chi connectivity index (χ1n) is 9.11. The molecule has 2 N–H and O–H groups in total. The van der Waals surface area contributed by atoms with Crippen molar-refractivity contribution in [2.75, 3.05) is 5.32 Å². The minimum atomic E-state index is -0.753. The fraction of sp³-hybridized carbons (Fsp3) is 0.136. The number of carbonyl (C=O) groups excluding carboxylic acids is 1. The Kier molecular flexibility index (Phi) is 4.90. The first-order valence-corrected chi connectivity index (χ1v) is 9.93. The topological polar surface area (TPSA) is 84.2 Å². The number of aromatic hydroxyl groups is 1. The third kappa shape index (κ3) is 3.52. The molecule has 0 saturated carbocycles. The van der Waals surface area contributed by atoms with E-state index in [0.717, 1.165) is 16.0 Å². The molecule has 0 spiro atoms. The van der Waals surface area contributed by atoms with E-state index in [-0.39, 0.29) is 17.2 Å². The Morgan fingerprint density at radius 2 is 1.83 bits per heavy atom. The van der Waals surface area contributed by atoms with Gasteiger partial charge in [-0.25, -0.2) is 4.98 Å². The number of rotatable bonds is 4. The van der Waals surface area contributed by atoms with E-state index in [1.807, 2.05) is 37.3 Å². The minimum absolute atomic E-state index is 0.114. The molecule has 0 aliphatic rings. The van der Waals surface area contributed by atoms with E-state index in [4.69, 9.17) is 0 Å². The summed E-state index contributed by atoms with van der Waals surface area (Å²) in [6.45, 7) is 3.63. The summed E-state index contributed by atoms with van der Waals surface area (Å²) >= 11 is 1.47. The molecule has 1 unspecified atom stereocenters. The van der Waals surface area contributed by atoms with Gasteiger partial charge < -0.3 is 10.4 Å². The number of aromatic nitrogens is 2. The van der Waals surface area contributed by atoms with Gasteiger partial charge in [-0.1, -0.05) is 30.3 Å². The molecule has 0 fully saturated rings. The molecule has 1 atom stereocenters. The van der Waals surface area contributed by atoms with Gasteiger partial charge in [0.1, 0.15) is 16.6 Å². The number of carbonyl (C=O) groups is 1. The number of hydrogen-bond acceptors (Lipinski definition) is 5. The highest BCUT2D eigenvalue weighted by Crippen LogP contribution is 2.35. The number of phenols is 1. The highest BCUT2D eigenvalue weighted by Gasteiger charge is 2.21. The second-order valence-electron chi connectivity index (χ2n) is 6.75. The van der Waals surface area contributed by atoms with Crippen molar-refractivity contribution in [3.63, 3.8) is 0 Å². The molecule has 0 radical (unpaired) electrons. The summed E-state index contributed by atoms with van der Waals surface area (Å²) in [4.78, 5) is 32.1. The van der Waals surface area contributed by atoms with Crippen LogP contribution < -0.4 is 10.9 Å². The summed E-state index contributed by atoms with van der Waals surface area (Å²) < 4.78 is 1.36. The predicted octanol–water partition coefficient (Wildman–Crippen LogP) is 4.34. The SMILES string of the molecule is Cc1sc2ncn(C(C)C(=O)Nc3ccc(O)cc3)c(=O)c2c1-c1ccccc1. The molecule has 2 aromatic carbocycles. The van der Waals surface area contributed by atoms with Crippen LogP contribution in [0.25, 0.3) is 21.3 Å². The molecule has 2 heterocycles. The number of fused-ring (bicyclic) bond motifs is 1. The lowest BCUT2D eigenvalue weighted by atomic mass is 10.0. The monoisotopic (exact) mass is 405 g/mol. The van der Waals surface area contributed by atoms with Gasteiger partial charge in [-0.15, -0.1) is 11.3 Å². The molecule has 6 nitrogen and oxygen atoms in total. The average Bonchev–Trinajstić information content (AvgIpc) is 3.07. The van der Waals surface area contributed by atoms with Crippen LogP contribution in [0.2, 0.25) is 0 Å². The summed E-state index contributed by atoms with van der Waals surface area (Å²) in [5.41, 5.74) is 2.11. The Balaban J connectivity index is 1.74. The molecule has 1 amide bonds. The Morgan fingerprint density at radius 3 is 2.52 bits per heavy atom. The fourth-order valence-corrected chi connectivity index (χ4v) is 4.26. The van der Waals surface area contributed by atoms with Crippen LogP contribution in [0.4, 0.5) is 5.69 Å². The first-order chi connectivity index (χ1) is 14.0.